The molecule has 0 saturated carbocycles. The molecule has 0 fully saturated rings. The summed E-state index contributed by atoms with van der Waals surface area (Å²) in [5.74, 6) is 0.385. The summed E-state index contributed by atoms with van der Waals surface area (Å²) < 4.78 is 5.34. The molecule has 0 aliphatic carbocycles. The Hall–Kier alpha value is -1.75. The van der Waals surface area contributed by atoms with Gasteiger partial charge in [0.25, 0.3) is 5.91 Å². The molecule has 0 aliphatic heterocycles. The summed E-state index contributed by atoms with van der Waals surface area (Å²) in [5, 5.41) is 9.27. The van der Waals surface area contributed by atoms with E-state index in [0.717, 1.165) is 0 Å². The lowest BCUT2D eigenvalue weighted by Crippen LogP contribution is -2.33. The van der Waals surface area contributed by atoms with E-state index in [-0.39, 0.29) is 12.5 Å². The van der Waals surface area contributed by atoms with Gasteiger partial charge >= 0.3 is 0 Å². The molecule has 0 heterocycles. The molecule has 1 aromatic carbocycles. The van der Waals surface area contributed by atoms with E-state index < -0.39 is 6.10 Å². The molecule has 0 spiro atoms. The number of benzene rings is 1. The lowest BCUT2D eigenvalue weighted by Gasteiger charge is -2.19. The molecule has 0 bridgehead atoms. The Morgan fingerprint density at radius 1 is 1.50 bits per heavy atom. The van der Waals surface area contributed by atoms with Crippen LogP contribution in [0.4, 0.5) is 5.69 Å². The van der Waals surface area contributed by atoms with Gasteiger partial charge in [-0.1, -0.05) is 0 Å². The van der Waals surface area contributed by atoms with E-state index in [1.807, 2.05) is 6.92 Å². The lowest BCUT2D eigenvalue weighted by molar-refractivity contribution is 0.0703. The van der Waals surface area contributed by atoms with E-state index in [4.69, 9.17) is 10.5 Å². The van der Waals surface area contributed by atoms with Crippen molar-refractivity contribution >= 4 is 11.6 Å². The quantitative estimate of drug-likeness (QED) is 0.770. The van der Waals surface area contributed by atoms with Crippen molar-refractivity contribution in [3.8, 4) is 5.75 Å². The van der Waals surface area contributed by atoms with Crippen molar-refractivity contribution in [3.63, 3.8) is 0 Å². The van der Waals surface area contributed by atoms with E-state index in [0.29, 0.717) is 23.6 Å². The maximum atomic E-state index is 12.1. The predicted molar refractivity (Wildman–Crippen MR) is 70.7 cm³/mol. The first kappa shape index (κ1) is 14.3. The zero-order chi connectivity index (χ0) is 13.7. The van der Waals surface area contributed by atoms with Crippen molar-refractivity contribution in [1.29, 1.82) is 0 Å². The summed E-state index contributed by atoms with van der Waals surface area (Å²) >= 11 is 0. The molecule has 18 heavy (non-hydrogen) atoms. The highest BCUT2D eigenvalue weighted by molar-refractivity contribution is 5.95. The molecule has 1 atom stereocenters. The molecule has 1 amide bonds. The van der Waals surface area contributed by atoms with Crippen molar-refractivity contribution in [1.82, 2.24) is 4.90 Å². The van der Waals surface area contributed by atoms with E-state index in [2.05, 4.69) is 0 Å². The fourth-order valence-electron chi connectivity index (χ4n) is 1.70. The van der Waals surface area contributed by atoms with Crippen LogP contribution in [0, 0.1) is 0 Å². The number of rotatable bonds is 5. The van der Waals surface area contributed by atoms with Gasteiger partial charge < -0.3 is 20.5 Å². The molecule has 1 unspecified atom stereocenters. The molecule has 3 N–H and O–H groups in total. The second-order valence-corrected chi connectivity index (χ2v) is 4.26. The van der Waals surface area contributed by atoms with E-state index in [1.165, 1.54) is 4.90 Å². The van der Waals surface area contributed by atoms with Crippen LogP contribution in [0.5, 0.6) is 5.75 Å². The van der Waals surface area contributed by atoms with Gasteiger partial charge in [-0.25, -0.2) is 0 Å². The monoisotopic (exact) mass is 252 g/mol. The smallest absolute Gasteiger partial charge is 0.253 e. The Morgan fingerprint density at radius 3 is 2.72 bits per heavy atom. The normalized spacial score (nSPS) is 12.0. The number of ether oxygens (including phenoxy) is 1. The number of carbonyl (C=O) groups excluding carboxylic acids is 1. The number of hydrogen-bond donors (Lipinski definition) is 2. The molecule has 1 rings (SSSR count). The number of carbonyl (C=O) groups is 1. The third kappa shape index (κ3) is 3.92. The summed E-state index contributed by atoms with van der Waals surface area (Å²) in [5.41, 5.74) is 6.67. The van der Waals surface area contributed by atoms with Crippen LogP contribution in [-0.2, 0) is 0 Å². The molecule has 100 valence electrons. The van der Waals surface area contributed by atoms with Crippen molar-refractivity contribution in [2.24, 2.45) is 0 Å². The third-order valence-corrected chi connectivity index (χ3v) is 2.37. The number of nitrogens with two attached hydrogens (primary N) is 1. The van der Waals surface area contributed by atoms with Crippen LogP contribution >= 0.6 is 0 Å². The zero-order valence-electron chi connectivity index (χ0n) is 11.0. The van der Waals surface area contributed by atoms with Gasteiger partial charge in [0.2, 0.25) is 0 Å². The van der Waals surface area contributed by atoms with Crippen molar-refractivity contribution in [3.05, 3.63) is 23.8 Å². The van der Waals surface area contributed by atoms with Gasteiger partial charge in [0.1, 0.15) is 5.75 Å². The lowest BCUT2D eigenvalue weighted by atomic mass is 10.1. The highest BCUT2D eigenvalue weighted by atomic mass is 16.5. The second kappa shape index (κ2) is 6.26. The van der Waals surface area contributed by atoms with Crippen LogP contribution in [0.15, 0.2) is 18.2 Å². The van der Waals surface area contributed by atoms with Crippen molar-refractivity contribution in [2.75, 3.05) is 25.9 Å². The molecule has 5 heteroatoms. The molecule has 0 saturated heterocycles. The Bertz CT molecular complexity index is 419. The highest BCUT2D eigenvalue weighted by Crippen LogP contribution is 2.20. The fourth-order valence-corrected chi connectivity index (χ4v) is 1.70. The minimum atomic E-state index is -0.564. The molecular formula is C13H20N2O3. The zero-order valence-corrected chi connectivity index (χ0v) is 11.0. The fraction of sp³-hybridized carbons (Fsp3) is 0.462. The number of nitrogens with zero attached hydrogens (tertiary/aromatic N) is 1. The average Bonchev–Trinajstić information content (AvgIpc) is 2.26. The van der Waals surface area contributed by atoms with Crippen LogP contribution in [0.2, 0.25) is 0 Å². The maximum Gasteiger partial charge on any atom is 0.253 e. The van der Waals surface area contributed by atoms with Crippen molar-refractivity contribution < 1.29 is 14.6 Å². The van der Waals surface area contributed by atoms with E-state index in [9.17, 15) is 9.90 Å². The number of amides is 1. The van der Waals surface area contributed by atoms with Crippen LogP contribution in [-0.4, -0.2) is 42.2 Å². The number of aliphatic hydroxyl groups is 1. The van der Waals surface area contributed by atoms with Gasteiger partial charge in [0.05, 0.1) is 12.7 Å². The summed E-state index contributed by atoms with van der Waals surface area (Å²) in [7, 11) is 1.64. The third-order valence-electron chi connectivity index (χ3n) is 2.37. The SMILES string of the molecule is CCOc1cc(N)cc(C(=O)N(C)CC(C)O)c1. The molecule has 1 aromatic rings. The Balaban J connectivity index is 2.91. The van der Waals surface area contributed by atoms with Crippen LogP contribution in [0.25, 0.3) is 0 Å². The molecule has 0 radical (unpaired) electrons. The van der Waals surface area contributed by atoms with Gasteiger partial charge in [-0.2, -0.15) is 0 Å². The summed E-state index contributed by atoms with van der Waals surface area (Å²) in [6.07, 6.45) is -0.564. The molecule has 0 aromatic heterocycles. The standard InChI is InChI=1S/C13H20N2O3/c1-4-18-12-6-10(5-11(14)7-12)13(17)15(3)8-9(2)16/h5-7,9,16H,4,8,14H2,1-3H3. The number of nitrogen functional groups attached to an aromatic ring is 1. The summed E-state index contributed by atoms with van der Waals surface area (Å²) in [6.45, 7) is 4.29. The van der Waals surface area contributed by atoms with E-state index >= 15 is 0 Å². The number of anilines is 1. The maximum absolute atomic E-state index is 12.1. The Kier molecular flexibility index (Phi) is 4.97. The molecule has 0 aliphatic rings. The van der Waals surface area contributed by atoms with Gasteiger partial charge in [0, 0.05) is 30.9 Å². The second-order valence-electron chi connectivity index (χ2n) is 4.26. The van der Waals surface area contributed by atoms with E-state index in [1.54, 1.807) is 32.2 Å². The summed E-state index contributed by atoms with van der Waals surface area (Å²) in [6, 6.07) is 4.93. The van der Waals surface area contributed by atoms with Crippen LogP contribution in [0.1, 0.15) is 24.2 Å². The minimum absolute atomic E-state index is 0.191. The number of aliphatic hydroxyl groups excluding tert-OH is 1. The Labute approximate surface area is 107 Å². The molecular weight excluding hydrogens is 232 g/mol. The first-order valence-electron chi connectivity index (χ1n) is 5.91. The first-order chi connectivity index (χ1) is 8.43. The highest BCUT2D eigenvalue weighted by Gasteiger charge is 2.14. The predicted octanol–water partition coefficient (Wildman–Crippen LogP) is 1.12. The molecule has 5 nitrogen and oxygen atoms in total. The minimum Gasteiger partial charge on any atom is -0.494 e. The largest absolute Gasteiger partial charge is 0.494 e. The van der Waals surface area contributed by atoms with Gasteiger partial charge in [0.15, 0.2) is 0 Å². The topological polar surface area (TPSA) is 75.8 Å². The van der Waals surface area contributed by atoms with Gasteiger partial charge in [-0.15, -0.1) is 0 Å². The van der Waals surface area contributed by atoms with Gasteiger partial charge in [-0.05, 0) is 26.0 Å². The number of likely N-dealkylation sites (N-methyl/N-ethyl adjacent to an activating group) is 1. The first-order valence-corrected chi connectivity index (χ1v) is 5.91. The van der Waals surface area contributed by atoms with Crippen LogP contribution < -0.4 is 10.5 Å². The van der Waals surface area contributed by atoms with Gasteiger partial charge in [-0.3, -0.25) is 4.79 Å². The van der Waals surface area contributed by atoms with Crippen molar-refractivity contribution in [2.45, 2.75) is 20.0 Å². The van der Waals surface area contributed by atoms with Crippen LogP contribution in [0.3, 0.4) is 0 Å². The average molecular weight is 252 g/mol. The number of hydrogen-bond acceptors (Lipinski definition) is 4. The Morgan fingerprint density at radius 2 is 2.17 bits per heavy atom. The summed E-state index contributed by atoms with van der Waals surface area (Å²) in [4.78, 5) is 13.5.